The molecule has 1 aliphatic rings. The Morgan fingerprint density at radius 3 is 2.86 bits per heavy atom. The second-order valence-corrected chi connectivity index (χ2v) is 5.83. The van der Waals surface area contributed by atoms with E-state index in [2.05, 4.69) is 15.5 Å². The molecule has 1 heterocycles. The topological polar surface area (TPSA) is 44.4 Å². The van der Waals surface area contributed by atoms with Gasteiger partial charge in [0.05, 0.1) is 12.2 Å². The van der Waals surface area contributed by atoms with Gasteiger partial charge in [-0.3, -0.25) is 9.69 Å². The van der Waals surface area contributed by atoms with E-state index < -0.39 is 5.76 Å². The molecule has 0 unspecified atom stereocenters. The molecule has 2 N–H and O–H groups in total. The number of thioether (sulfide) groups is 1. The van der Waals surface area contributed by atoms with Crippen molar-refractivity contribution in [2.75, 3.05) is 38.0 Å². The predicted molar refractivity (Wildman–Crippen MR) is 88.1 cm³/mol. The molecular weight excluding hydrogens is 332 g/mol. The molecule has 124 valence electrons. The molecule has 0 aromatic heterocycles. The molecule has 0 spiro atoms. The number of carbonyl (C=O) groups is 1. The minimum absolute atomic E-state index is 0. The minimum Gasteiger partial charge on any atom is -0.324 e. The van der Waals surface area contributed by atoms with Gasteiger partial charge in [-0.25, -0.2) is 0 Å². The quantitative estimate of drug-likeness (QED) is 0.800. The van der Waals surface area contributed by atoms with Crippen molar-refractivity contribution in [3.05, 3.63) is 24.3 Å². The number of para-hydroxylation sites is 1. The van der Waals surface area contributed by atoms with Crippen LogP contribution < -0.4 is 10.6 Å². The summed E-state index contributed by atoms with van der Waals surface area (Å²) >= 11 is 0.445. The van der Waals surface area contributed by atoms with Crippen molar-refractivity contribution < 1.29 is 13.6 Å². The predicted octanol–water partition coefficient (Wildman–Crippen LogP) is 2.66. The maximum absolute atomic E-state index is 12.5. The molecule has 2 rings (SSSR count). The fourth-order valence-electron chi connectivity index (χ4n) is 2.22. The van der Waals surface area contributed by atoms with Crippen molar-refractivity contribution in [1.82, 2.24) is 10.2 Å². The Morgan fingerprint density at radius 2 is 2.09 bits per heavy atom. The normalized spacial score (nSPS) is 16.0. The molecule has 1 aliphatic heterocycles. The molecule has 0 radical (unpaired) electrons. The van der Waals surface area contributed by atoms with E-state index in [1.54, 1.807) is 24.3 Å². The number of alkyl halides is 2. The van der Waals surface area contributed by atoms with E-state index in [-0.39, 0.29) is 24.9 Å². The SMILES string of the molecule is Cl.O=C(CN1CCCNCC1)Nc1ccccc1SC(F)F. The van der Waals surface area contributed by atoms with Crippen LogP contribution in [0.1, 0.15) is 6.42 Å². The Hall–Kier alpha value is -0.890. The van der Waals surface area contributed by atoms with E-state index in [0.29, 0.717) is 22.3 Å². The Labute approximate surface area is 139 Å². The molecule has 1 aromatic rings. The number of hydrogen-bond acceptors (Lipinski definition) is 4. The van der Waals surface area contributed by atoms with E-state index in [1.807, 2.05) is 0 Å². The Balaban J connectivity index is 0.00000242. The van der Waals surface area contributed by atoms with Gasteiger partial charge in [0, 0.05) is 18.0 Å². The zero-order valence-corrected chi connectivity index (χ0v) is 13.7. The molecule has 0 aliphatic carbocycles. The van der Waals surface area contributed by atoms with Gasteiger partial charge in [0.1, 0.15) is 0 Å². The maximum Gasteiger partial charge on any atom is 0.288 e. The van der Waals surface area contributed by atoms with Crippen LogP contribution in [0.5, 0.6) is 0 Å². The lowest BCUT2D eigenvalue weighted by molar-refractivity contribution is -0.117. The lowest BCUT2D eigenvalue weighted by Gasteiger charge is -2.19. The summed E-state index contributed by atoms with van der Waals surface area (Å²) in [6, 6.07) is 6.64. The van der Waals surface area contributed by atoms with Gasteiger partial charge >= 0.3 is 0 Å². The van der Waals surface area contributed by atoms with Crippen LogP contribution in [0.2, 0.25) is 0 Å². The van der Waals surface area contributed by atoms with Crippen molar-refractivity contribution in [1.29, 1.82) is 0 Å². The molecule has 1 saturated heterocycles. The standard InChI is InChI=1S/C14H19F2N3OS.ClH/c15-14(16)21-12-5-2-1-4-11(12)18-13(20)10-19-8-3-6-17-7-9-19;/h1-2,4-5,14,17H,3,6-10H2,(H,18,20);1H. The molecule has 1 fully saturated rings. The van der Waals surface area contributed by atoms with Crippen LogP contribution in [0.25, 0.3) is 0 Å². The maximum atomic E-state index is 12.5. The Morgan fingerprint density at radius 1 is 1.32 bits per heavy atom. The Bertz CT molecular complexity index is 471. The first-order valence-corrected chi connectivity index (χ1v) is 7.80. The highest BCUT2D eigenvalue weighted by Crippen LogP contribution is 2.31. The largest absolute Gasteiger partial charge is 0.324 e. The third-order valence-corrected chi connectivity index (χ3v) is 3.97. The van der Waals surface area contributed by atoms with Crippen molar-refractivity contribution in [3.8, 4) is 0 Å². The van der Waals surface area contributed by atoms with Crippen LogP contribution in [0.3, 0.4) is 0 Å². The zero-order valence-electron chi connectivity index (χ0n) is 12.1. The van der Waals surface area contributed by atoms with E-state index in [4.69, 9.17) is 0 Å². The van der Waals surface area contributed by atoms with Crippen molar-refractivity contribution in [2.24, 2.45) is 0 Å². The first-order chi connectivity index (χ1) is 10.1. The molecule has 4 nitrogen and oxygen atoms in total. The summed E-state index contributed by atoms with van der Waals surface area (Å²) in [5.41, 5.74) is 0.445. The number of amides is 1. The second kappa shape index (κ2) is 9.99. The van der Waals surface area contributed by atoms with Gasteiger partial charge < -0.3 is 10.6 Å². The van der Waals surface area contributed by atoms with Crippen LogP contribution in [-0.4, -0.2) is 49.3 Å². The summed E-state index contributed by atoms with van der Waals surface area (Å²) in [7, 11) is 0. The van der Waals surface area contributed by atoms with Crippen molar-refractivity contribution >= 4 is 35.8 Å². The molecule has 1 aromatic carbocycles. The number of benzene rings is 1. The van der Waals surface area contributed by atoms with Crippen molar-refractivity contribution in [2.45, 2.75) is 17.1 Å². The highest BCUT2D eigenvalue weighted by molar-refractivity contribution is 7.99. The second-order valence-electron chi connectivity index (χ2n) is 4.80. The summed E-state index contributed by atoms with van der Waals surface area (Å²) in [6.07, 6.45) is 1.01. The average molecular weight is 352 g/mol. The molecule has 0 saturated carbocycles. The van der Waals surface area contributed by atoms with Crippen molar-refractivity contribution in [3.63, 3.8) is 0 Å². The van der Waals surface area contributed by atoms with Crippen LogP contribution >= 0.6 is 24.2 Å². The number of hydrogen-bond donors (Lipinski definition) is 2. The number of anilines is 1. The number of nitrogens with one attached hydrogen (secondary N) is 2. The number of rotatable bonds is 5. The lowest BCUT2D eigenvalue weighted by atomic mass is 10.3. The van der Waals surface area contributed by atoms with Gasteiger partial charge in [0.15, 0.2) is 0 Å². The minimum atomic E-state index is -2.50. The highest BCUT2D eigenvalue weighted by Gasteiger charge is 2.15. The van der Waals surface area contributed by atoms with Gasteiger partial charge in [0.2, 0.25) is 5.91 Å². The van der Waals surface area contributed by atoms with Crippen LogP contribution in [0, 0.1) is 0 Å². The van der Waals surface area contributed by atoms with E-state index in [0.717, 1.165) is 32.6 Å². The number of nitrogens with zero attached hydrogens (tertiary/aromatic N) is 1. The molecular formula is C14H20ClF2N3OS. The van der Waals surface area contributed by atoms with Crippen LogP contribution in [0.4, 0.5) is 14.5 Å². The molecule has 1 amide bonds. The first-order valence-electron chi connectivity index (χ1n) is 6.92. The van der Waals surface area contributed by atoms with Gasteiger partial charge in [0.25, 0.3) is 5.76 Å². The summed E-state index contributed by atoms with van der Waals surface area (Å²) in [6.45, 7) is 3.81. The average Bonchev–Trinajstić information content (AvgIpc) is 2.69. The number of halogens is 3. The van der Waals surface area contributed by atoms with Gasteiger partial charge in [-0.2, -0.15) is 8.78 Å². The lowest BCUT2D eigenvalue weighted by Crippen LogP contribution is -2.35. The van der Waals surface area contributed by atoms with E-state index >= 15 is 0 Å². The third-order valence-electron chi connectivity index (χ3n) is 3.18. The van der Waals surface area contributed by atoms with E-state index in [9.17, 15) is 13.6 Å². The summed E-state index contributed by atoms with van der Waals surface area (Å²) in [4.78, 5) is 14.5. The monoisotopic (exact) mass is 351 g/mol. The molecule has 22 heavy (non-hydrogen) atoms. The fraction of sp³-hybridized carbons (Fsp3) is 0.500. The zero-order chi connectivity index (χ0) is 15.1. The Kier molecular flexibility index (Phi) is 8.70. The molecule has 0 bridgehead atoms. The van der Waals surface area contributed by atoms with Gasteiger partial charge in [-0.1, -0.05) is 23.9 Å². The third kappa shape index (κ3) is 6.48. The molecule has 8 heteroatoms. The smallest absolute Gasteiger partial charge is 0.288 e. The number of carbonyl (C=O) groups excluding carboxylic acids is 1. The summed E-state index contributed by atoms with van der Waals surface area (Å²) in [5.74, 6) is -2.67. The summed E-state index contributed by atoms with van der Waals surface area (Å²) in [5, 5.41) is 6.00. The van der Waals surface area contributed by atoms with Gasteiger partial charge in [-0.15, -0.1) is 12.4 Å². The first kappa shape index (κ1) is 19.2. The summed E-state index contributed by atoms with van der Waals surface area (Å²) < 4.78 is 25.0. The fourth-order valence-corrected chi connectivity index (χ4v) is 2.82. The van der Waals surface area contributed by atoms with E-state index in [1.165, 1.54) is 0 Å². The van der Waals surface area contributed by atoms with Crippen LogP contribution in [-0.2, 0) is 4.79 Å². The van der Waals surface area contributed by atoms with Gasteiger partial charge in [-0.05, 0) is 31.6 Å². The highest BCUT2D eigenvalue weighted by atomic mass is 35.5. The molecule has 0 atom stereocenters. The van der Waals surface area contributed by atoms with Crippen LogP contribution in [0.15, 0.2) is 29.2 Å².